The van der Waals surface area contributed by atoms with Gasteiger partial charge in [0.1, 0.15) is 0 Å². The first-order valence-corrected chi connectivity index (χ1v) is 6.25. The number of nitrogens with zero attached hydrogens (tertiary/aromatic N) is 1. The number of allylic oxidation sites excluding steroid dienone is 1. The van der Waals surface area contributed by atoms with Gasteiger partial charge in [0.05, 0.1) is 12.6 Å². The van der Waals surface area contributed by atoms with Crippen LogP contribution in [0.25, 0.3) is 0 Å². The van der Waals surface area contributed by atoms with Crippen molar-refractivity contribution in [1.82, 2.24) is 5.06 Å². The Balaban J connectivity index is 2.72. The topological polar surface area (TPSA) is 29.5 Å². The lowest BCUT2D eigenvalue weighted by atomic mass is 10.0. The van der Waals surface area contributed by atoms with Crippen molar-refractivity contribution in [3.8, 4) is 0 Å². The minimum absolute atomic E-state index is 0.129. The minimum Gasteiger partial charge on any atom is -0.273 e. The molecule has 1 rings (SSSR count). The van der Waals surface area contributed by atoms with Gasteiger partial charge in [0, 0.05) is 6.42 Å². The Morgan fingerprint density at radius 3 is 2.94 bits per heavy atom. The van der Waals surface area contributed by atoms with Gasteiger partial charge in [-0.15, -0.1) is 0 Å². The highest BCUT2D eigenvalue weighted by atomic mass is 16.7. The monoisotopic (exact) mass is 225 g/mol. The van der Waals surface area contributed by atoms with Crippen molar-refractivity contribution in [2.75, 3.05) is 6.61 Å². The average Bonchev–Trinajstić information content (AvgIpc) is 2.23. The first-order chi connectivity index (χ1) is 7.65. The molecule has 1 aliphatic heterocycles. The van der Waals surface area contributed by atoms with Crippen molar-refractivity contribution >= 4 is 5.91 Å². The summed E-state index contributed by atoms with van der Waals surface area (Å²) in [7, 11) is 0. The summed E-state index contributed by atoms with van der Waals surface area (Å²) in [5, 5.41) is 1.57. The number of amides is 1. The van der Waals surface area contributed by atoms with E-state index >= 15 is 0 Å². The van der Waals surface area contributed by atoms with Gasteiger partial charge < -0.3 is 0 Å². The van der Waals surface area contributed by atoms with Crippen LogP contribution in [0, 0.1) is 0 Å². The summed E-state index contributed by atoms with van der Waals surface area (Å²) in [6.07, 6.45) is 6.95. The Labute approximate surface area is 98.4 Å². The molecular formula is C13H23NO2. The molecule has 92 valence electrons. The van der Waals surface area contributed by atoms with Gasteiger partial charge in [0.25, 0.3) is 0 Å². The zero-order valence-electron chi connectivity index (χ0n) is 10.7. The fourth-order valence-electron chi connectivity index (χ4n) is 2.10. The first kappa shape index (κ1) is 13.2. The molecule has 1 unspecified atom stereocenters. The second kappa shape index (κ2) is 6.69. The van der Waals surface area contributed by atoms with Crippen LogP contribution in [0.15, 0.2) is 11.6 Å². The fourth-order valence-corrected chi connectivity index (χ4v) is 2.10. The molecular weight excluding hydrogens is 202 g/mol. The maximum Gasteiger partial charge on any atom is 0.246 e. The summed E-state index contributed by atoms with van der Waals surface area (Å²) in [5.41, 5.74) is 1.35. The lowest BCUT2D eigenvalue weighted by molar-refractivity contribution is -0.196. The van der Waals surface area contributed by atoms with Crippen molar-refractivity contribution in [2.45, 2.75) is 58.9 Å². The maximum atomic E-state index is 11.9. The Hall–Kier alpha value is -0.830. The number of carbonyl (C=O) groups excluding carboxylic acids is 1. The van der Waals surface area contributed by atoms with Crippen molar-refractivity contribution in [1.29, 1.82) is 0 Å². The number of hydrogen-bond acceptors (Lipinski definition) is 2. The van der Waals surface area contributed by atoms with Crippen LogP contribution in [0.4, 0.5) is 0 Å². The summed E-state index contributed by atoms with van der Waals surface area (Å²) in [5.74, 6) is 0.129. The first-order valence-electron chi connectivity index (χ1n) is 6.25. The van der Waals surface area contributed by atoms with Crippen molar-refractivity contribution in [2.24, 2.45) is 0 Å². The molecule has 1 heterocycles. The van der Waals surface area contributed by atoms with Crippen molar-refractivity contribution < 1.29 is 9.63 Å². The number of hydroxylamine groups is 2. The highest BCUT2D eigenvalue weighted by molar-refractivity contribution is 5.75. The molecule has 0 aliphatic carbocycles. The third-order valence-corrected chi connectivity index (χ3v) is 2.87. The van der Waals surface area contributed by atoms with E-state index in [0.717, 1.165) is 25.7 Å². The predicted octanol–water partition coefficient (Wildman–Crippen LogP) is 3.07. The van der Waals surface area contributed by atoms with Crippen molar-refractivity contribution in [3.63, 3.8) is 0 Å². The van der Waals surface area contributed by atoms with E-state index in [1.807, 2.05) is 13.8 Å². The van der Waals surface area contributed by atoms with Crippen LogP contribution in [0.1, 0.15) is 52.9 Å². The minimum atomic E-state index is 0.129. The van der Waals surface area contributed by atoms with Gasteiger partial charge in [0.2, 0.25) is 5.91 Å². The predicted molar refractivity (Wildman–Crippen MR) is 64.8 cm³/mol. The van der Waals surface area contributed by atoms with Crippen LogP contribution in [0.3, 0.4) is 0 Å². The molecule has 0 fully saturated rings. The van der Waals surface area contributed by atoms with E-state index in [4.69, 9.17) is 4.84 Å². The molecule has 1 aliphatic rings. The molecule has 16 heavy (non-hydrogen) atoms. The van der Waals surface area contributed by atoms with Gasteiger partial charge in [-0.2, -0.15) is 0 Å². The summed E-state index contributed by atoms with van der Waals surface area (Å²) in [6, 6.07) is 0.141. The molecule has 0 aromatic rings. The third kappa shape index (κ3) is 3.97. The van der Waals surface area contributed by atoms with E-state index in [0.29, 0.717) is 13.0 Å². The molecule has 0 radical (unpaired) electrons. The Kier molecular flexibility index (Phi) is 5.53. The highest BCUT2D eigenvalue weighted by Crippen LogP contribution is 2.17. The number of hydrogen-bond donors (Lipinski definition) is 0. The second-order valence-corrected chi connectivity index (χ2v) is 4.49. The highest BCUT2D eigenvalue weighted by Gasteiger charge is 2.21. The van der Waals surface area contributed by atoms with E-state index in [2.05, 4.69) is 13.0 Å². The summed E-state index contributed by atoms with van der Waals surface area (Å²) in [4.78, 5) is 17.4. The van der Waals surface area contributed by atoms with Crippen LogP contribution >= 0.6 is 0 Å². The molecule has 3 heteroatoms. The van der Waals surface area contributed by atoms with Crippen LogP contribution in [0.5, 0.6) is 0 Å². The third-order valence-electron chi connectivity index (χ3n) is 2.87. The van der Waals surface area contributed by atoms with Crippen LogP contribution in [-0.4, -0.2) is 23.6 Å². The van der Waals surface area contributed by atoms with Gasteiger partial charge in [-0.3, -0.25) is 9.63 Å². The lowest BCUT2D eigenvalue weighted by Crippen LogP contribution is -2.38. The fraction of sp³-hybridized carbons (Fsp3) is 0.769. The van der Waals surface area contributed by atoms with E-state index < -0.39 is 0 Å². The van der Waals surface area contributed by atoms with E-state index in [9.17, 15) is 4.79 Å². The summed E-state index contributed by atoms with van der Waals surface area (Å²) >= 11 is 0. The standard InChI is InChI=1S/C13H23NO2/c1-4-16-14-12(3)10-11(2)8-6-5-7-9-13(14)15/h8,12H,4-7,9-10H2,1-3H3. The van der Waals surface area contributed by atoms with E-state index in [1.54, 1.807) is 5.06 Å². The van der Waals surface area contributed by atoms with E-state index in [1.165, 1.54) is 5.57 Å². The van der Waals surface area contributed by atoms with Crippen LogP contribution in [0.2, 0.25) is 0 Å². The summed E-state index contributed by atoms with van der Waals surface area (Å²) in [6.45, 7) is 6.65. The Morgan fingerprint density at radius 1 is 1.50 bits per heavy atom. The Morgan fingerprint density at radius 2 is 2.25 bits per heavy atom. The van der Waals surface area contributed by atoms with Gasteiger partial charge in [-0.25, -0.2) is 5.06 Å². The summed E-state index contributed by atoms with van der Waals surface area (Å²) < 4.78 is 0. The SMILES string of the molecule is CCON1C(=O)CCCCC=C(C)CC1C. The zero-order valence-corrected chi connectivity index (χ0v) is 10.7. The number of carbonyl (C=O) groups is 1. The Bertz CT molecular complexity index is 261. The molecule has 3 nitrogen and oxygen atoms in total. The maximum absolute atomic E-state index is 11.9. The average molecular weight is 225 g/mol. The molecule has 0 aromatic heterocycles. The van der Waals surface area contributed by atoms with Crippen LogP contribution < -0.4 is 0 Å². The zero-order chi connectivity index (χ0) is 12.0. The molecule has 1 atom stereocenters. The lowest BCUT2D eigenvalue weighted by Gasteiger charge is -2.28. The molecule has 1 amide bonds. The van der Waals surface area contributed by atoms with Crippen LogP contribution in [-0.2, 0) is 9.63 Å². The van der Waals surface area contributed by atoms with Gasteiger partial charge in [0.15, 0.2) is 0 Å². The molecule has 0 saturated carbocycles. The second-order valence-electron chi connectivity index (χ2n) is 4.49. The van der Waals surface area contributed by atoms with Gasteiger partial charge in [-0.1, -0.05) is 11.6 Å². The van der Waals surface area contributed by atoms with E-state index in [-0.39, 0.29) is 11.9 Å². The van der Waals surface area contributed by atoms with Crippen molar-refractivity contribution in [3.05, 3.63) is 11.6 Å². The molecule has 0 N–H and O–H groups in total. The molecule has 0 bridgehead atoms. The normalized spacial score (nSPS) is 24.2. The molecule has 0 saturated heterocycles. The largest absolute Gasteiger partial charge is 0.273 e. The smallest absolute Gasteiger partial charge is 0.246 e. The quantitative estimate of drug-likeness (QED) is 0.676. The molecule has 0 spiro atoms. The van der Waals surface area contributed by atoms with Gasteiger partial charge >= 0.3 is 0 Å². The number of rotatable bonds is 2. The molecule has 0 aromatic carbocycles. The van der Waals surface area contributed by atoms with Gasteiger partial charge in [-0.05, 0) is 46.5 Å².